The molecule has 78 heavy (non-hydrogen) atoms. The molecule has 458 valence electrons. The Morgan fingerprint density at radius 2 is 0.756 bits per heavy atom. The third kappa shape index (κ3) is 46.7. The summed E-state index contributed by atoms with van der Waals surface area (Å²) in [7, 11) is 0. The summed E-state index contributed by atoms with van der Waals surface area (Å²) < 4.78 is 11.3. The van der Waals surface area contributed by atoms with Crippen LogP contribution in [0, 0.1) is 0 Å². The van der Waals surface area contributed by atoms with E-state index in [0.717, 1.165) is 51.4 Å². The summed E-state index contributed by atoms with van der Waals surface area (Å²) in [5.74, 6) is -0.172. The topological polar surface area (TPSA) is 149 Å². The second kappa shape index (κ2) is 58.4. The molecule has 0 aliphatic carbocycles. The largest absolute Gasteiger partial charge is 0.394 e. The Morgan fingerprint density at radius 3 is 1.12 bits per heavy atom. The minimum absolute atomic E-state index is 0.172. The number of amides is 1. The van der Waals surface area contributed by atoms with Gasteiger partial charge >= 0.3 is 0 Å². The number of nitrogens with one attached hydrogen (secondary N) is 1. The van der Waals surface area contributed by atoms with E-state index in [1.807, 2.05) is 6.08 Å². The number of hydrogen-bond donors (Lipinski definition) is 6. The van der Waals surface area contributed by atoms with Gasteiger partial charge in [-0.2, -0.15) is 0 Å². The molecule has 0 saturated carbocycles. The number of ether oxygens (including phenoxy) is 2. The highest BCUT2D eigenvalue weighted by Crippen LogP contribution is 2.23. The van der Waals surface area contributed by atoms with Crippen molar-refractivity contribution in [2.75, 3.05) is 13.2 Å². The highest BCUT2D eigenvalue weighted by molar-refractivity contribution is 5.76. The van der Waals surface area contributed by atoms with E-state index in [1.165, 1.54) is 257 Å². The lowest BCUT2D eigenvalue weighted by Crippen LogP contribution is -2.60. The van der Waals surface area contributed by atoms with Crippen molar-refractivity contribution in [3.8, 4) is 0 Å². The van der Waals surface area contributed by atoms with Crippen LogP contribution in [0.4, 0.5) is 0 Å². The molecule has 1 aliphatic rings. The summed E-state index contributed by atoms with van der Waals surface area (Å²) in [6, 6.07) is -0.807. The van der Waals surface area contributed by atoms with Crippen LogP contribution in [-0.2, 0) is 14.3 Å². The van der Waals surface area contributed by atoms with E-state index in [4.69, 9.17) is 9.47 Å². The molecular weight excluding hydrogens is 971 g/mol. The minimum Gasteiger partial charge on any atom is -0.394 e. The van der Waals surface area contributed by atoms with Gasteiger partial charge in [-0.05, 0) is 57.8 Å². The van der Waals surface area contributed by atoms with Gasteiger partial charge in [0.05, 0.1) is 25.4 Å². The van der Waals surface area contributed by atoms with Gasteiger partial charge in [-0.15, -0.1) is 0 Å². The van der Waals surface area contributed by atoms with Crippen LogP contribution in [0.2, 0.25) is 0 Å². The first kappa shape index (κ1) is 74.2. The summed E-state index contributed by atoms with van der Waals surface area (Å²) >= 11 is 0. The zero-order valence-corrected chi connectivity index (χ0v) is 51.2. The third-order valence-electron chi connectivity index (χ3n) is 16.1. The molecule has 1 amide bonds. The Kier molecular flexibility index (Phi) is 55.5. The number of aliphatic hydroxyl groups excluding tert-OH is 5. The molecule has 0 aromatic heterocycles. The van der Waals surface area contributed by atoms with E-state index >= 15 is 0 Å². The van der Waals surface area contributed by atoms with Crippen LogP contribution in [0.25, 0.3) is 0 Å². The number of carbonyl (C=O) groups is 1. The smallest absolute Gasteiger partial charge is 0.220 e. The van der Waals surface area contributed by atoms with Gasteiger partial charge in [-0.25, -0.2) is 0 Å². The van der Waals surface area contributed by atoms with Crippen LogP contribution < -0.4 is 5.32 Å². The van der Waals surface area contributed by atoms with Gasteiger partial charge in [0.15, 0.2) is 6.29 Å². The molecule has 7 unspecified atom stereocenters. The molecule has 0 spiro atoms. The molecule has 9 nitrogen and oxygen atoms in total. The van der Waals surface area contributed by atoms with E-state index in [0.29, 0.717) is 6.42 Å². The number of aliphatic hydroxyl groups is 5. The standard InChI is InChI=1S/C69H129NO8/c1-3-5-7-9-11-13-15-17-19-21-23-25-27-29-30-31-32-33-34-35-37-39-41-43-45-47-49-51-53-55-57-59-65(73)70-62(61-77-69-68(76)67(75)66(74)64(60-71)78-69)63(72)58-56-54-52-50-48-46-44-42-40-38-36-28-26-24-22-20-18-16-14-12-10-8-6-4-2/h15,17,21,23,27,29,56,58,62-64,66-69,71-72,74-76H,3-14,16,18-20,22,24-26,28,30-55,57,59-61H2,1-2H3,(H,70,73)/b17-15-,23-21-,29-27-,58-56+. The number of allylic oxidation sites excluding steroid dienone is 7. The van der Waals surface area contributed by atoms with Crippen LogP contribution in [-0.4, -0.2) is 87.5 Å². The number of hydrogen-bond acceptors (Lipinski definition) is 8. The summed E-state index contributed by atoms with van der Waals surface area (Å²) in [6.07, 6.45) is 72.0. The average molecular weight is 1100 g/mol. The molecule has 6 N–H and O–H groups in total. The fourth-order valence-corrected chi connectivity index (χ4v) is 10.8. The van der Waals surface area contributed by atoms with Crippen molar-refractivity contribution in [2.24, 2.45) is 0 Å². The fourth-order valence-electron chi connectivity index (χ4n) is 10.8. The summed E-state index contributed by atoms with van der Waals surface area (Å²) in [6.45, 7) is 3.81. The zero-order valence-electron chi connectivity index (χ0n) is 51.2. The Bertz CT molecular complexity index is 1370. The van der Waals surface area contributed by atoms with Gasteiger partial charge < -0.3 is 40.3 Å². The van der Waals surface area contributed by atoms with Crippen LogP contribution in [0.15, 0.2) is 48.6 Å². The Hall–Kier alpha value is -1.85. The van der Waals surface area contributed by atoms with Gasteiger partial charge in [0.25, 0.3) is 0 Å². The van der Waals surface area contributed by atoms with Crippen molar-refractivity contribution in [1.82, 2.24) is 5.32 Å². The minimum atomic E-state index is -1.57. The Labute approximate surface area is 482 Å². The lowest BCUT2D eigenvalue weighted by Gasteiger charge is -2.40. The van der Waals surface area contributed by atoms with Crippen molar-refractivity contribution in [2.45, 2.75) is 371 Å². The lowest BCUT2D eigenvalue weighted by atomic mass is 9.99. The zero-order chi connectivity index (χ0) is 56.5. The molecule has 7 atom stereocenters. The maximum Gasteiger partial charge on any atom is 0.220 e. The second-order valence-corrected chi connectivity index (χ2v) is 23.6. The maximum absolute atomic E-state index is 13.1. The third-order valence-corrected chi connectivity index (χ3v) is 16.1. The molecule has 0 aromatic carbocycles. The summed E-state index contributed by atoms with van der Waals surface area (Å²) in [4.78, 5) is 13.1. The first-order valence-corrected chi connectivity index (χ1v) is 33.9. The van der Waals surface area contributed by atoms with Crippen LogP contribution in [0.5, 0.6) is 0 Å². The molecule has 0 aromatic rings. The maximum atomic E-state index is 13.1. The van der Waals surface area contributed by atoms with Crippen molar-refractivity contribution >= 4 is 5.91 Å². The molecule has 1 heterocycles. The van der Waals surface area contributed by atoms with Gasteiger partial charge in [0.1, 0.15) is 24.4 Å². The van der Waals surface area contributed by atoms with Crippen molar-refractivity contribution in [3.05, 3.63) is 48.6 Å². The average Bonchev–Trinajstić information content (AvgIpc) is 3.45. The second-order valence-electron chi connectivity index (χ2n) is 23.6. The predicted molar refractivity (Wildman–Crippen MR) is 332 cm³/mol. The fraction of sp³-hybridized carbons (Fsp3) is 0.870. The van der Waals surface area contributed by atoms with Crippen LogP contribution >= 0.6 is 0 Å². The van der Waals surface area contributed by atoms with E-state index in [2.05, 4.69) is 55.6 Å². The molecule has 1 fully saturated rings. The molecule has 1 rings (SSSR count). The Balaban J connectivity index is 2.14. The van der Waals surface area contributed by atoms with Crippen LogP contribution in [0.1, 0.15) is 328 Å². The SMILES string of the molecule is CCCCCCC/C=C\C/C=C\C/C=C\CCCCCCCCCCCCCCCCCCC(=O)NC(COC1OC(CO)C(O)C(O)C1O)C(O)/C=C/CCCCCCCCCCCCCCCCCCCCCCCC. The van der Waals surface area contributed by atoms with Crippen molar-refractivity contribution < 1.29 is 39.8 Å². The monoisotopic (exact) mass is 1100 g/mol. The molecule has 0 radical (unpaired) electrons. The normalized spacial score (nSPS) is 18.9. The van der Waals surface area contributed by atoms with Crippen molar-refractivity contribution in [3.63, 3.8) is 0 Å². The summed E-state index contributed by atoms with van der Waals surface area (Å²) in [5.41, 5.74) is 0. The molecule has 1 saturated heterocycles. The van der Waals surface area contributed by atoms with Gasteiger partial charge in [-0.1, -0.05) is 313 Å². The van der Waals surface area contributed by atoms with E-state index < -0.39 is 49.5 Å². The molecular formula is C69H129NO8. The molecule has 1 aliphatic heterocycles. The van der Waals surface area contributed by atoms with Crippen molar-refractivity contribution in [1.29, 1.82) is 0 Å². The first-order valence-electron chi connectivity index (χ1n) is 33.9. The van der Waals surface area contributed by atoms with E-state index in [1.54, 1.807) is 6.08 Å². The number of carbonyl (C=O) groups excluding carboxylic acids is 1. The van der Waals surface area contributed by atoms with E-state index in [-0.39, 0.29) is 12.5 Å². The molecule has 0 bridgehead atoms. The number of rotatable bonds is 59. The van der Waals surface area contributed by atoms with Gasteiger partial charge in [0, 0.05) is 6.42 Å². The van der Waals surface area contributed by atoms with E-state index in [9.17, 15) is 30.3 Å². The lowest BCUT2D eigenvalue weighted by molar-refractivity contribution is -0.302. The Morgan fingerprint density at radius 1 is 0.436 bits per heavy atom. The molecule has 9 heteroatoms. The van der Waals surface area contributed by atoms with Gasteiger partial charge in [0.2, 0.25) is 5.91 Å². The highest BCUT2D eigenvalue weighted by atomic mass is 16.7. The quantitative estimate of drug-likeness (QED) is 0.0261. The summed E-state index contributed by atoms with van der Waals surface area (Å²) in [5, 5.41) is 54.7. The highest BCUT2D eigenvalue weighted by Gasteiger charge is 2.44. The predicted octanol–water partition coefficient (Wildman–Crippen LogP) is 18.0. The van der Waals surface area contributed by atoms with Crippen LogP contribution in [0.3, 0.4) is 0 Å². The number of unbranched alkanes of at least 4 members (excludes halogenated alkanes) is 43. The first-order chi connectivity index (χ1) is 38.3. The van der Waals surface area contributed by atoms with Gasteiger partial charge in [-0.3, -0.25) is 4.79 Å².